The first-order chi connectivity index (χ1) is 9.74. The summed E-state index contributed by atoms with van der Waals surface area (Å²) in [4.78, 5) is 12.5. The molecule has 0 atom stereocenters. The molecule has 1 saturated carbocycles. The van der Waals surface area contributed by atoms with Gasteiger partial charge in [-0.1, -0.05) is 28.8 Å². The molecule has 20 heavy (non-hydrogen) atoms. The molecule has 1 aromatic heterocycles. The van der Waals surface area contributed by atoms with Crippen molar-refractivity contribution in [2.75, 3.05) is 0 Å². The van der Waals surface area contributed by atoms with Crippen molar-refractivity contribution in [3.63, 3.8) is 0 Å². The van der Waals surface area contributed by atoms with Gasteiger partial charge in [-0.25, -0.2) is 0 Å². The minimum absolute atomic E-state index is 0.0799. The van der Waals surface area contributed by atoms with Crippen LogP contribution in [0.2, 0.25) is 0 Å². The molecule has 6 nitrogen and oxygen atoms in total. The SMILES string of the molecule is O=C(NC1CCCC1)c1cc(Br)ccc1-n1cnnn1. The van der Waals surface area contributed by atoms with Crippen LogP contribution in [0.4, 0.5) is 0 Å². The Morgan fingerprint density at radius 1 is 1.35 bits per heavy atom. The van der Waals surface area contributed by atoms with E-state index in [-0.39, 0.29) is 11.9 Å². The summed E-state index contributed by atoms with van der Waals surface area (Å²) in [5.41, 5.74) is 1.24. The summed E-state index contributed by atoms with van der Waals surface area (Å²) >= 11 is 3.40. The summed E-state index contributed by atoms with van der Waals surface area (Å²) in [6.07, 6.45) is 5.96. The third kappa shape index (κ3) is 2.72. The lowest BCUT2D eigenvalue weighted by Crippen LogP contribution is -2.33. The van der Waals surface area contributed by atoms with E-state index < -0.39 is 0 Å². The van der Waals surface area contributed by atoms with Crippen molar-refractivity contribution in [3.8, 4) is 5.69 Å². The van der Waals surface area contributed by atoms with Crippen LogP contribution < -0.4 is 5.32 Å². The van der Waals surface area contributed by atoms with Gasteiger partial charge in [0.05, 0.1) is 11.3 Å². The van der Waals surface area contributed by atoms with Crippen LogP contribution in [0, 0.1) is 0 Å². The standard InChI is InChI=1S/C13H14BrN5O/c14-9-5-6-12(19-8-15-17-18-19)11(7-9)13(20)16-10-3-1-2-4-10/h5-8,10H,1-4H2,(H,16,20). The molecule has 104 valence electrons. The largest absolute Gasteiger partial charge is 0.349 e. The van der Waals surface area contributed by atoms with E-state index in [4.69, 9.17) is 0 Å². The van der Waals surface area contributed by atoms with Crippen molar-refractivity contribution in [1.29, 1.82) is 0 Å². The van der Waals surface area contributed by atoms with Crippen LogP contribution in [0.5, 0.6) is 0 Å². The highest BCUT2D eigenvalue weighted by molar-refractivity contribution is 9.10. The number of hydrogen-bond donors (Lipinski definition) is 1. The van der Waals surface area contributed by atoms with E-state index in [1.54, 1.807) is 6.07 Å². The molecule has 1 heterocycles. The Kier molecular flexibility index (Phi) is 3.77. The maximum absolute atomic E-state index is 12.5. The fourth-order valence-corrected chi connectivity index (χ4v) is 2.86. The van der Waals surface area contributed by atoms with E-state index in [0.29, 0.717) is 11.3 Å². The molecule has 0 spiro atoms. The number of carbonyl (C=O) groups is 1. The topological polar surface area (TPSA) is 72.7 Å². The molecular weight excluding hydrogens is 322 g/mol. The average Bonchev–Trinajstić information content (AvgIpc) is 3.11. The summed E-state index contributed by atoms with van der Waals surface area (Å²) in [6, 6.07) is 5.76. The van der Waals surface area contributed by atoms with Gasteiger partial charge < -0.3 is 5.32 Å². The Morgan fingerprint density at radius 2 is 2.15 bits per heavy atom. The summed E-state index contributed by atoms with van der Waals surface area (Å²) in [7, 11) is 0. The molecule has 0 bridgehead atoms. The van der Waals surface area contributed by atoms with Crippen molar-refractivity contribution in [2.45, 2.75) is 31.7 Å². The monoisotopic (exact) mass is 335 g/mol. The first kappa shape index (κ1) is 13.2. The van der Waals surface area contributed by atoms with E-state index in [9.17, 15) is 4.79 Å². The fourth-order valence-electron chi connectivity index (χ4n) is 2.49. The maximum Gasteiger partial charge on any atom is 0.253 e. The molecule has 1 N–H and O–H groups in total. The van der Waals surface area contributed by atoms with Gasteiger partial charge in [-0.3, -0.25) is 4.79 Å². The summed E-state index contributed by atoms with van der Waals surface area (Å²) in [5, 5.41) is 14.2. The van der Waals surface area contributed by atoms with Gasteiger partial charge >= 0.3 is 0 Å². The predicted molar refractivity (Wildman–Crippen MR) is 76.6 cm³/mol. The van der Waals surface area contributed by atoms with Crippen LogP contribution in [0.1, 0.15) is 36.0 Å². The van der Waals surface area contributed by atoms with Gasteiger partial charge in [0.1, 0.15) is 6.33 Å². The first-order valence-corrected chi connectivity index (χ1v) is 7.37. The quantitative estimate of drug-likeness (QED) is 0.932. The molecule has 7 heteroatoms. The van der Waals surface area contributed by atoms with Crippen molar-refractivity contribution in [2.24, 2.45) is 0 Å². The number of carbonyl (C=O) groups excluding carboxylic acids is 1. The normalized spacial score (nSPS) is 15.4. The van der Waals surface area contributed by atoms with Gasteiger partial charge in [0.25, 0.3) is 5.91 Å². The maximum atomic E-state index is 12.5. The molecule has 1 aromatic carbocycles. The van der Waals surface area contributed by atoms with Gasteiger partial charge in [0.15, 0.2) is 0 Å². The highest BCUT2D eigenvalue weighted by Crippen LogP contribution is 2.22. The van der Waals surface area contributed by atoms with E-state index in [1.807, 2.05) is 12.1 Å². The van der Waals surface area contributed by atoms with E-state index in [1.165, 1.54) is 23.9 Å². The lowest BCUT2D eigenvalue weighted by molar-refractivity contribution is 0.0937. The Hall–Kier alpha value is -1.76. The molecule has 3 rings (SSSR count). The van der Waals surface area contributed by atoms with E-state index in [2.05, 4.69) is 36.8 Å². The van der Waals surface area contributed by atoms with Crippen molar-refractivity contribution >= 4 is 21.8 Å². The van der Waals surface area contributed by atoms with Gasteiger partial charge in [-0.2, -0.15) is 4.68 Å². The zero-order valence-electron chi connectivity index (χ0n) is 10.8. The number of rotatable bonds is 3. The Morgan fingerprint density at radius 3 is 2.85 bits per heavy atom. The number of benzene rings is 1. The molecule has 0 unspecified atom stereocenters. The zero-order chi connectivity index (χ0) is 13.9. The highest BCUT2D eigenvalue weighted by Gasteiger charge is 2.20. The Labute approximate surface area is 124 Å². The van der Waals surface area contributed by atoms with Gasteiger partial charge in [-0.15, -0.1) is 5.10 Å². The lowest BCUT2D eigenvalue weighted by atomic mass is 10.1. The predicted octanol–water partition coefficient (Wildman–Crippen LogP) is 2.10. The minimum atomic E-state index is -0.0799. The number of amides is 1. The van der Waals surface area contributed by atoms with Crippen LogP contribution in [0.15, 0.2) is 29.0 Å². The first-order valence-electron chi connectivity index (χ1n) is 6.58. The lowest BCUT2D eigenvalue weighted by Gasteiger charge is -2.14. The van der Waals surface area contributed by atoms with E-state index in [0.717, 1.165) is 17.3 Å². The molecule has 1 amide bonds. The third-order valence-corrected chi connectivity index (χ3v) is 3.98. The summed E-state index contributed by atoms with van der Waals surface area (Å²) in [6.45, 7) is 0. The molecule has 1 fully saturated rings. The van der Waals surface area contributed by atoms with Crippen LogP contribution in [0.3, 0.4) is 0 Å². The Bertz CT molecular complexity index is 607. The minimum Gasteiger partial charge on any atom is -0.349 e. The van der Waals surface area contributed by atoms with Crippen molar-refractivity contribution < 1.29 is 4.79 Å². The molecular formula is C13H14BrN5O. The van der Waals surface area contributed by atoms with E-state index >= 15 is 0 Å². The Balaban J connectivity index is 1.90. The number of nitrogens with zero attached hydrogens (tertiary/aromatic N) is 4. The smallest absolute Gasteiger partial charge is 0.253 e. The molecule has 2 aromatic rings. The second-order valence-electron chi connectivity index (χ2n) is 4.87. The molecule has 1 aliphatic rings. The zero-order valence-corrected chi connectivity index (χ0v) is 12.4. The van der Waals surface area contributed by atoms with Crippen LogP contribution in [0.25, 0.3) is 5.69 Å². The number of nitrogens with one attached hydrogen (secondary N) is 1. The van der Waals surface area contributed by atoms with Crippen molar-refractivity contribution in [3.05, 3.63) is 34.6 Å². The average molecular weight is 336 g/mol. The fraction of sp³-hybridized carbons (Fsp3) is 0.385. The molecule has 0 radical (unpaired) electrons. The second-order valence-corrected chi connectivity index (χ2v) is 5.79. The van der Waals surface area contributed by atoms with Gasteiger partial charge in [0, 0.05) is 10.5 Å². The van der Waals surface area contributed by atoms with Gasteiger partial charge in [-0.05, 0) is 41.5 Å². The number of tetrazole rings is 1. The number of aromatic nitrogens is 4. The summed E-state index contributed by atoms with van der Waals surface area (Å²) < 4.78 is 2.35. The third-order valence-electron chi connectivity index (χ3n) is 3.49. The molecule has 0 saturated heterocycles. The second kappa shape index (κ2) is 5.70. The molecule has 1 aliphatic carbocycles. The summed E-state index contributed by atoms with van der Waals surface area (Å²) in [5.74, 6) is -0.0799. The number of halogens is 1. The van der Waals surface area contributed by atoms with Gasteiger partial charge in [0.2, 0.25) is 0 Å². The highest BCUT2D eigenvalue weighted by atomic mass is 79.9. The number of hydrogen-bond acceptors (Lipinski definition) is 4. The van der Waals surface area contributed by atoms with Crippen LogP contribution in [-0.4, -0.2) is 32.2 Å². The van der Waals surface area contributed by atoms with Crippen LogP contribution in [-0.2, 0) is 0 Å². The van der Waals surface area contributed by atoms with Crippen LogP contribution >= 0.6 is 15.9 Å². The molecule has 0 aliphatic heterocycles. The van der Waals surface area contributed by atoms with Crippen molar-refractivity contribution in [1.82, 2.24) is 25.5 Å².